The second-order valence-corrected chi connectivity index (χ2v) is 6.22. The number of nitriles is 1. The van der Waals surface area contributed by atoms with Crippen molar-refractivity contribution < 1.29 is 4.79 Å². The molecule has 0 spiro atoms. The smallest absolute Gasteiger partial charge is 0.181 e. The molecule has 0 aliphatic rings. The highest BCUT2D eigenvalue weighted by atomic mass is 79.9. The normalized spacial score (nSPS) is 10.7. The molecule has 114 valence electrons. The quantitative estimate of drug-likeness (QED) is 0.494. The van der Waals surface area contributed by atoms with E-state index in [1.165, 1.54) is 0 Å². The monoisotopic (exact) mass is 387 g/mol. The van der Waals surface area contributed by atoms with Crippen LogP contribution in [0.2, 0.25) is 0 Å². The van der Waals surface area contributed by atoms with Crippen molar-refractivity contribution in [3.63, 3.8) is 0 Å². The van der Waals surface area contributed by atoms with Crippen molar-refractivity contribution in [1.82, 2.24) is 9.55 Å². The van der Waals surface area contributed by atoms with Gasteiger partial charge in [0.05, 0.1) is 34.1 Å². The molecule has 6 heteroatoms. The van der Waals surface area contributed by atoms with Crippen LogP contribution in [-0.2, 0) is 0 Å². The Balaban J connectivity index is 2.35. The molecule has 23 heavy (non-hydrogen) atoms. The van der Waals surface area contributed by atoms with Gasteiger partial charge in [-0.3, -0.25) is 9.78 Å². The summed E-state index contributed by atoms with van der Waals surface area (Å²) in [4.78, 5) is 16.6. The van der Waals surface area contributed by atoms with Gasteiger partial charge in [0.1, 0.15) is 0 Å². The van der Waals surface area contributed by atoms with Crippen LogP contribution in [0.5, 0.6) is 0 Å². The summed E-state index contributed by atoms with van der Waals surface area (Å²) >= 11 is 9.17. The van der Waals surface area contributed by atoms with E-state index in [2.05, 4.69) is 27.0 Å². The maximum atomic E-state index is 12.2. The predicted octanol–water partition coefficient (Wildman–Crippen LogP) is 4.39. The molecule has 0 aliphatic heterocycles. The summed E-state index contributed by atoms with van der Waals surface area (Å²) < 4.78 is 2.77. The minimum absolute atomic E-state index is 0.0922. The van der Waals surface area contributed by atoms with Gasteiger partial charge in [-0.05, 0) is 53.2 Å². The first-order chi connectivity index (χ1) is 11.1. The van der Waals surface area contributed by atoms with Crippen molar-refractivity contribution >= 4 is 44.3 Å². The Morgan fingerprint density at radius 1 is 1.39 bits per heavy atom. The first kappa shape index (κ1) is 15.7. The topological polar surface area (TPSA) is 58.7 Å². The van der Waals surface area contributed by atoms with Crippen molar-refractivity contribution in [3.05, 3.63) is 57.8 Å². The molecule has 4 nitrogen and oxygen atoms in total. The maximum Gasteiger partial charge on any atom is 0.181 e. The number of pyridine rings is 1. The Kier molecular flexibility index (Phi) is 4.20. The molecule has 0 radical (unpaired) electrons. The number of aromatic nitrogens is 2. The molecule has 0 unspecified atom stereocenters. The number of alkyl halides is 1. The van der Waals surface area contributed by atoms with Crippen LogP contribution < -0.4 is 0 Å². The van der Waals surface area contributed by atoms with E-state index in [1.807, 2.05) is 29.7 Å². The third kappa shape index (κ3) is 2.65. The molecule has 0 bridgehead atoms. The van der Waals surface area contributed by atoms with Gasteiger partial charge in [0.15, 0.2) is 5.78 Å². The lowest BCUT2D eigenvalue weighted by molar-refractivity contribution is 0.102. The molecule has 0 N–H and O–H groups in total. The van der Waals surface area contributed by atoms with Crippen LogP contribution in [0.1, 0.15) is 21.6 Å². The predicted molar refractivity (Wildman–Crippen MR) is 93.3 cm³/mol. The summed E-state index contributed by atoms with van der Waals surface area (Å²) in [6.07, 6.45) is 1.66. The molecular weight excluding hydrogens is 378 g/mol. The van der Waals surface area contributed by atoms with Crippen LogP contribution in [0, 0.1) is 18.3 Å². The van der Waals surface area contributed by atoms with Gasteiger partial charge in [-0.25, -0.2) is 0 Å². The highest BCUT2D eigenvalue weighted by molar-refractivity contribution is 9.10. The number of Topliss-reactive ketones (excluding diaryl/α,β-unsaturated/α-hetero) is 1. The second kappa shape index (κ2) is 6.15. The Morgan fingerprint density at radius 2 is 2.09 bits per heavy atom. The number of ketones is 1. The first-order valence-corrected chi connectivity index (χ1v) is 8.16. The van der Waals surface area contributed by atoms with E-state index < -0.39 is 0 Å². The summed E-state index contributed by atoms with van der Waals surface area (Å²) in [6, 6.07) is 11.2. The summed E-state index contributed by atoms with van der Waals surface area (Å²) in [6.45, 7) is 1.87. The van der Waals surface area contributed by atoms with E-state index in [-0.39, 0.29) is 11.7 Å². The fourth-order valence-corrected chi connectivity index (χ4v) is 3.13. The lowest BCUT2D eigenvalue weighted by Crippen LogP contribution is -2.04. The Hall–Kier alpha value is -2.16. The Labute approximate surface area is 146 Å². The Morgan fingerprint density at radius 3 is 2.70 bits per heavy atom. The lowest BCUT2D eigenvalue weighted by Gasteiger charge is -2.08. The summed E-state index contributed by atoms with van der Waals surface area (Å²) in [5.41, 5.74) is 4.20. The molecule has 3 rings (SSSR count). The number of fused-ring (bicyclic) bond motifs is 1. The molecule has 0 aliphatic carbocycles. The average Bonchev–Trinajstić information content (AvgIpc) is 2.85. The molecule has 2 heterocycles. The maximum absolute atomic E-state index is 12.2. The molecule has 0 amide bonds. The van der Waals surface area contributed by atoms with Gasteiger partial charge in [-0.1, -0.05) is 0 Å². The molecule has 3 aromatic rings. The number of hydrogen-bond acceptors (Lipinski definition) is 3. The summed E-state index contributed by atoms with van der Waals surface area (Å²) in [5.74, 6) is -0.248. The van der Waals surface area contributed by atoms with Gasteiger partial charge in [0.25, 0.3) is 0 Å². The molecular formula is C17H11BrClN3O. The Bertz CT molecular complexity index is 955. The van der Waals surface area contributed by atoms with E-state index in [1.54, 1.807) is 18.3 Å². The minimum Gasteiger partial charge on any atom is -0.311 e. The van der Waals surface area contributed by atoms with E-state index >= 15 is 0 Å². The van der Waals surface area contributed by atoms with Gasteiger partial charge in [-0.15, -0.1) is 11.6 Å². The van der Waals surface area contributed by atoms with Crippen LogP contribution >= 0.6 is 27.5 Å². The fourth-order valence-electron chi connectivity index (χ4n) is 2.67. The zero-order valence-corrected chi connectivity index (χ0v) is 14.5. The van der Waals surface area contributed by atoms with Crippen LogP contribution in [0.4, 0.5) is 0 Å². The highest BCUT2D eigenvalue weighted by Gasteiger charge is 2.21. The molecule has 1 aromatic carbocycles. The lowest BCUT2D eigenvalue weighted by atomic mass is 10.1. The number of rotatable bonds is 3. The van der Waals surface area contributed by atoms with Crippen LogP contribution in [0.25, 0.3) is 16.7 Å². The third-order valence-electron chi connectivity index (χ3n) is 3.66. The second-order valence-electron chi connectivity index (χ2n) is 5.03. The zero-order valence-electron chi connectivity index (χ0n) is 12.2. The van der Waals surface area contributed by atoms with Crippen molar-refractivity contribution in [2.45, 2.75) is 6.92 Å². The first-order valence-electron chi connectivity index (χ1n) is 6.83. The fraction of sp³-hybridized carbons (Fsp3) is 0.118. The van der Waals surface area contributed by atoms with E-state index in [4.69, 9.17) is 16.9 Å². The summed E-state index contributed by atoms with van der Waals surface area (Å²) in [7, 11) is 0. The molecule has 2 aromatic heterocycles. The van der Waals surface area contributed by atoms with Gasteiger partial charge in [-0.2, -0.15) is 5.26 Å². The van der Waals surface area contributed by atoms with E-state index in [0.717, 1.165) is 21.4 Å². The third-order valence-corrected chi connectivity index (χ3v) is 4.34. The van der Waals surface area contributed by atoms with Gasteiger partial charge < -0.3 is 4.57 Å². The highest BCUT2D eigenvalue weighted by Crippen LogP contribution is 2.30. The summed E-state index contributed by atoms with van der Waals surface area (Å²) in [5, 5.41) is 8.94. The van der Waals surface area contributed by atoms with Crippen LogP contribution in [0.3, 0.4) is 0 Å². The number of halogens is 2. The van der Waals surface area contributed by atoms with Crippen LogP contribution in [0.15, 0.2) is 41.0 Å². The molecule has 0 saturated carbocycles. The van der Waals surface area contributed by atoms with Crippen molar-refractivity contribution in [3.8, 4) is 11.8 Å². The van der Waals surface area contributed by atoms with Crippen molar-refractivity contribution in [2.24, 2.45) is 0 Å². The standard InChI is InChI=1S/C17H11BrClN3O/c1-10-16(15(23)7-19)17-14(6-12(18)9-21-17)22(10)13-4-2-11(8-20)3-5-13/h2-6,9H,7H2,1H3. The molecule has 0 fully saturated rings. The zero-order chi connectivity index (χ0) is 16.6. The molecule has 0 saturated heterocycles. The number of hydrogen-bond donors (Lipinski definition) is 0. The van der Waals surface area contributed by atoms with Gasteiger partial charge >= 0.3 is 0 Å². The van der Waals surface area contributed by atoms with Crippen LogP contribution in [-0.4, -0.2) is 21.2 Å². The van der Waals surface area contributed by atoms with Crippen molar-refractivity contribution in [2.75, 3.05) is 5.88 Å². The largest absolute Gasteiger partial charge is 0.311 e. The van der Waals surface area contributed by atoms with E-state index in [0.29, 0.717) is 16.6 Å². The minimum atomic E-state index is -0.156. The van der Waals surface area contributed by atoms with Gasteiger partial charge in [0, 0.05) is 22.1 Å². The van der Waals surface area contributed by atoms with Crippen molar-refractivity contribution in [1.29, 1.82) is 5.26 Å². The molecule has 0 atom stereocenters. The SMILES string of the molecule is Cc1c(C(=O)CCl)c2ncc(Br)cc2n1-c1ccc(C#N)cc1. The van der Waals surface area contributed by atoms with E-state index in [9.17, 15) is 4.79 Å². The number of nitrogens with zero attached hydrogens (tertiary/aromatic N) is 3. The number of carbonyl (C=O) groups is 1. The number of benzene rings is 1. The van der Waals surface area contributed by atoms with Gasteiger partial charge in [0.2, 0.25) is 0 Å². The number of carbonyl (C=O) groups excluding carboxylic acids is 1. The average molecular weight is 389 g/mol.